The van der Waals surface area contributed by atoms with E-state index in [0.717, 1.165) is 6.07 Å². The molecule has 1 aromatic rings. The zero-order chi connectivity index (χ0) is 14.6. The second-order valence-corrected chi connectivity index (χ2v) is 5.49. The summed E-state index contributed by atoms with van der Waals surface area (Å²) in [7, 11) is -0.987. The molecule has 0 amide bonds. The Hall–Kier alpha value is -1.96. The fourth-order valence-electron chi connectivity index (χ4n) is 1.53. The number of rotatable bonds is 6. The maximum Gasteiger partial charge on any atom is 0.336 e. The van der Waals surface area contributed by atoms with Gasteiger partial charge in [0.25, 0.3) is 5.69 Å². The van der Waals surface area contributed by atoms with Gasteiger partial charge in [0.1, 0.15) is 0 Å². The number of carboxylic acid groups (broad SMARTS) is 1. The Balaban J connectivity index is 3.11. The summed E-state index contributed by atoms with van der Waals surface area (Å²) in [5.41, 5.74) is 0.325. The second-order valence-electron chi connectivity index (χ2n) is 3.93. The van der Waals surface area contributed by atoms with Gasteiger partial charge in [0.05, 0.1) is 10.5 Å². The molecule has 1 atom stereocenters. The number of carboxylic acids is 1. The fraction of sp³-hybridized carbons (Fsp3) is 0.364. The predicted molar refractivity (Wildman–Crippen MR) is 72.2 cm³/mol. The van der Waals surface area contributed by atoms with Gasteiger partial charge >= 0.3 is 5.97 Å². The van der Waals surface area contributed by atoms with E-state index < -0.39 is 21.7 Å². The molecule has 0 radical (unpaired) electrons. The molecule has 1 unspecified atom stereocenters. The minimum absolute atomic E-state index is 0.155. The van der Waals surface area contributed by atoms with Gasteiger partial charge in [-0.3, -0.25) is 14.3 Å². The van der Waals surface area contributed by atoms with Crippen LogP contribution in [0.15, 0.2) is 12.1 Å². The summed E-state index contributed by atoms with van der Waals surface area (Å²) in [5, 5.41) is 22.7. The number of nitro groups is 1. The van der Waals surface area contributed by atoms with Crippen LogP contribution in [0.25, 0.3) is 0 Å². The maximum absolute atomic E-state index is 10.9. The Kier molecular flexibility index (Phi) is 4.99. The van der Waals surface area contributed by atoms with Crippen molar-refractivity contribution >= 4 is 28.1 Å². The number of carbonyl (C=O) groups is 1. The normalized spacial score (nSPS) is 11.9. The summed E-state index contributed by atoms with van der Waals surface area (Å²) in [4.78, 5) is 21.2. The van der Waals surface area contributed by atoms with Crippen LogP contribution >= 0.6 is 0 Å². The summed E-state index contributed by atoms with van der Waals surface area (Å²) in [6.45, 7) is 1.89. The summed E-state index contributed by atoms with van der Waals surface area (Å²) in [6.07, 6.45) is 1.55. The van der Waals surface area contributed by atoms with Crippen LogP contribution < -0.4 is 5.32 Å². The van der Waals surface area contributed by atoms with Crippen molar-refractivity contribution in [3.8, 4) is 0 Å². The van der Waals surface area contributed by atoms with Gasteiger partial charge in [-0.2, -0.15) is 0 Å². The van der Waals surface area contributed by atoms with Crippen LogP contribution in [0.3, 0.4) is 0 Å². The highest BCUT2D eigenvalue weighted by Gasteiger charge is 2.18. The first-order valence-electron chi connectivity index (χ1n) is 5.39. The predicted octanol–water partition coefficient (Wildman–Crippen LogP) is 1.39. The largest absolute Gasteiger partial charge is 0.478 e. The molecule has 1 aromatic carbocycles. The molecule has 7 nitrogen and oxygen atoms in total. The minimum atomic E-state index is -1.23. The van der Waals surface area contributed by atoms with Crippen LogP contribution in [-0.2, 0) is 10.8 Å². The first-order chi connectivity index (χ1) is 8.82. The van der Waals surface area contributed by atoms with Gasteiger partial charge < -0.3 is 10.4 Å². The summed E-state index contributed by atoms with van der Waals surface area (Å²) >= 11 is 0. The Morgan fingerprint density at radius 2 is 2.16 bits per heavy atom. The third-order valence-electron chi connectivity index (χ3n) is 2.53. The fourth-order valence-corrected chi connectivity index (χ4v) is 1.91. The Bertz CT molecular complexity index is 544. The van der Waals surface area contributed by atoms with E-state index in [1.165, 1.54) is 13.0 Å². The minimum Gasteiger partial charge on any atom is -0.478 e. The molecule has 0 heterocycles. The smallest absolute Gasteiger partial charge is 0.336 e. The first kappa shape index (κ1) is 15.1. The summed E-state index contributed by atoms with van der Waals surface area (Å²) in [5.74, 6) is -0.852. The number of anilines is 1. The number of nitro benzene ring substituents is 1. The molecule has 0 aliphatic heterocycles. The van der Waals surface area contributed by atoms with Gasteiger partial charge in [-0.05, 0) is 13.0 Å². The van der Waals surface area contributed by atoms with Crippen LogP contribution in [0.1, 0.15) is 15.9 Å². The molecule has 0 saturated carbocycles. The average molecular weight is 286 g/mol. The Labute approximate surface area is 112 Å². The molecule has 0 aliphatic carbocycles. The SMILES string of the molecule is Cc1c(NCCS(C)=O)cc(C(=O)O)cc1[N+](=O)[O-]. The highest BCUT2D eigenvalue weighted by molar-refractivity contribution is 7.84. The van der Waals surface area contributed by atoms with Gasteiger partial charge in [-0.1, -0.05) is 0 Å². The molecule has 0 spiro atoms. The third-order valence-corrected chi connectivity index (χ3v) is 3.31. The van der Waals surface area contributed by atoms with Crippen LogP contribution in [0.5, 0.6) is 0 Å². The van der Waals surface area contributed by atoms with Crippen LogP contribution in [0.2, 0.25) is 0 Å². The summed E-state index contributed by atoms with van der Waals surface area (Å²) in [6, 6.07) is 2.37. The molecule has 2 N–H and O–H groups in total. The molecule has 104 valence electrons. The molecule has 0 aliphatic rings. The van der Waals surface area contributed by atoms with E-state index in [-0.39, 0.29) is 11.3 Å². The van der Waals surface area contributed by atoms with Crippen molar-refractivity contribution < 1.29 is 19.0 Å². The van der Waals surface area contributed by atoms with Crippen molar-refractivity contribution in [2.45, 2.75) is 6.92 Å². The van der Waals surface area contributed by atoms with E-state index in [4.69, 9.17) is 5.11 Å². The van der Waals surface area contributed by atoms with Crippen molar-refractivity contribution in [3.05, 3.63) is 33.4 Å². The molecular weight excluding hydrogens is 272 g/mol. The van der Waals surface area contributed by atoms with E-state index in [1.54, 1.807) is 6.26 Å². The van der Waals surface area contributed by atoms with Crippen LogP contribution in [0, 0.1) is 17.0 Å². The van der Waals surface area contributed by atoms with Crippen molar-refractivity contribution in [2.24, 2.45) is 0 Å². The van der Waals surface area contributed by atoms with E-state index in [1.807, 2.05) is 0 Å². The van der Waals surface area contributed by atoms with Gasteiger partial charge in [-0.25, -0.2) is 4.79 Å². The maximum atomic E-state index is 10.9. The van der Waals surface area contributed by atoms with E-state index in [0.29, 0.717) is 23.5 Å². The molecule has 0 saturated heterocycles. The number of nitrogens with one attached hydrogen (secondary N) is 1. The zero-order valence-electron chi connectivity index (χ0n) is 10.5. The first-order valence-corrected chi connectivity index (χ1v) is 7.12. The Morgan fingerprint density at radius 3 is 2.63 bits per heavy atom. The topological polar surface area (TPSA) is 110 Å². The Morgan fingerprint density at radius 1 is 1.53 bits per heavy atom. The van der Waals surface area contributed by atoms with Crippen molar-refractivity contribution in [1.29, 1.82) is 0 Å². The lowest BCUT2D eigenvalue weighted by molar-refractivity contribution is -0.385. The highest BCUT2D eigenvalue weighted by atomic mass is 32.2. The van der Waals surface area contributed by atoms with Crippen LogP contribution in [0.4, 0.5) is 11.4 Å². The standard InChI is InChI=1S/C11H14N2O5S/c1-7-9(12-3-4-19(2)18)5-8(11(14)15)6-10(7)13(16)17/h5-6,12H,3-4H2,1-2H3,(H,14,15). The lowest BCUT2D eigenvalue weighted by Crippen LogP contribution is -2.12. The van der Waals surface area contributed by atoms with Crippen LogP contribution in [-0.4, -0.2) is 38.8 Å². The molecule has 0 bridgehead atoms. The second kappa shape index (κ2) is 6.28. The van der Waals surface area contributed by atoms with E-state index in [9.17, 15) is 19.1 Å². The van der Waals surface area contributed by atoms with E-state index in [2.05, 4.69) is 5.32 Å². The molecule has 8 heteroatoms. The van der Waals surface area contributed by atoms with Gasteiger partial charge in [-0.15, -0.1) is 0 Å². The number of hydrogen-bond acceptors (Lipinski definition) is 5. The highest BCUT2D eigenvalue weighted by Crippen LogP contribution is 2.27. The summed E-state index contributed by atoms with van der Waals surface area (Å²) < 4.78 is 10.9. The van der Waals surface area contributed by atoms with Gasteiger partial charge in [0.15, 0.2) is 0 Å². The molecule has 0 aromatic heterocycles. The lowest BCUT2D eigenvalue weighted by atomic mass is 10.1. The molecular formula is C11H14N2O5S. The lowest BCUT2D eigenvalue weighted by Gasteiger charge is -2.10. The van der Waals surface area contributed by atoms with Gasteiger partial charge in [0, 0.05) is 46.7 Å². The van der Waals surface area contributed by atoms with E-state index >= 15 is 0 Å². The van der Waals surface area contributed by atoms with Crippen molar-refractivity contribution in [1.82, 2.24) is 0 Å². The van der Waals surface area contributed by atoms with Crippen molar-refractivity contribution in [3.63, 3.8) is 0 Å². The molecule has 0 fully saturated rings. The van der Waals surface area contributed by atoms with Crippen molar-refractivity contribution in [2.75, 3.05) is 23.9 Å². The molecule has 1 rings (SSSR count). The quantitative estimate of drug-likeness (QED) is 0.604. The van der Waals surface area contributed by atoms with Gasteiger partial charge in [0.2, 0.25) is 0 Å². The third kappa shape index (κ3) is 4.02. The number of benzene rings is 1. The zero-order valence-corrected chi connectivity index (χ0v) is 11.3. The number of nitrogens with zero attached hydrogens (tertiary/aromatic N) is 1. The monoisotopic (exact) mass is 286 g/mol. The molecule has 19 heavy (non-hydrogen) atoms. The average Bonchev–Trinajstić information content (AvgIpc) is 2.30. The number of hydrogen-bond donors (Lipinski definition) is 2. The number of aromatic carboxylic acids is 1.